The molecule has 2 heterocycles. The fraction of sp³-hybridized carbons (Fsp3) is 0.529. The molecule has 0 saturated heterocycles. The molecule has 1 aromatic heterocycles. The molecule has 0 amide bonds. The van der Waals surface area contributed by atoms with Crippen molar-refractivity contribution in [1.29, 1.82) is 0 Å². The summed E-state index contributed by atoms with van der Waals surface area (Å²) in [4.78, 5) is 0.395. The third-order valence-corrected chi connectivity index (χ3v) is 6.25. The van der Waals surface area contributed by atoms with Crippen molar-refractivity contribution >= 4 is 9.84 Å². The lowest BCUT2D eigenvalue weighted by molar-refractivity contribution is 0.345. The highest BCUT2D eigenvalue weighted by atomic mass is 32.2. The van der Waals surface area contributed by atoms with Gasteiger partial charge in [0.2, 0.25) is 0 Å². The Morgan fingerprint density at radius 3 is 2.79 bits per heavy atom. The summed E-state index contributed by atoms with van der Waals surface area (Å²) in [6, 6.07) is 8.63. The van der Waals surface area contributed by atoms with Gasteiger partial charge >= 0.3 is 0 Å². The van der Waals surface area contributed by atoms with E-state index in [9.17, 15) is 8.42 Å². The largest absolute Gasteiger partial charge is 0.315 e. The number of fused-ring (bicyclic) bond motifs is 1. The first-order chi connectivity index (χ1) is 11.6. The summed E-state index contributed by atoms with van der Waals surface area (Å²) in [7, 11) is -3.20. The van der Waals surface area contributed by atoms with Crippen LogP contribution in [0.5, 0.6) is 0 Å². The van der Waals surface area contributed by atoms with Gasteiger partial charge in [-0.25, -0.2) is 8.42 Å². The number of benzene rings is 1. The van der Waals surface area contributed by atoms with Gasteiger partial charge in [0, 0.05) is 25.9 Å². The maximum absolute atomic E-state index is 12.2. The van der Waals surface area contributed by atoms with Crippen molar-refractivity contribution in [2.45, 2.75) is 37.6 Å². The van der Waals surface area contributed by atoms with Crippen LogP contribution in [0.25, 0.3) is 0 Å². The van der Waals surface area contributed by atoms with Gasteiger partial charge in [0.15, 0.2) is 9.84 Å². The summed E-state index contributed by atoms with van der Waals surface area (Å²) in [6.45, 7) is 4.31. The van der Waals surface area contributed by atoms with E-state index >= 15 is 0 Å². The SMILES string of the molecule is CCc1nnc2n1C[C@H](CNCCS(=O)(=O)c1ccccc1)CC2. The third kappa shape index (κ3) is 3.84. The van der Waals surface area contributed by atoms with Crippen LogP contribution in [-0.2, 0) is 29.2 Å². The summed E-state index contributed by atoms with van der Waals surface area (Å²) in [5, 5.41) is 11.8. The van der Waals surface area contributed by atoms with Gasteiger partial charge in [-0.05, 0) is 31.0 Å². The van der Waals surface area contributed by atoms with Gasteiger partial charge in [-0.1, -0.05) is 25.1 Å². The second-order valence-electron chi connectivity index (χ2n) is 6.24. The Hall–Kier alpha value is -1.73. The quantitative estimate of drug-likeness (QED) is 0.767. The molecule has 0 bridgehead atoms. The predicted molar refractivity (Wildman–Crippen MR) is 92.6 cm³/mol. The molecule has 24 heavy (non-hydrogen) atoms. The van der Waals surface area contributed by atoms with Crippen LogP contribution in [-0.4, -0.2) is 42.0 Å². The van der Waals surface area contributed by atoms with Gasteiger partial charge in [-0.3, -0.25) is 0 Å². The molecule has 1 N–H and O–H groups in total. The van der Waals surface area contributed by atoms with Crippen LogP contribution in [0.3, 0.4) is 0 Å². The summed E-state index contributed by atoms with van der Waals surface area (Å²) >= 11 is 0. The second-order valence-corrected chi connectivity index (χ2v) is 8.35. The normalized spacial score (nSPS) is 17.6. The second kappa shape index (κ2) is 7.44. The smallest absolute Gasteiger partial charge is 0.179 e. The van der Waals surface area contributed by atoms with E-state index in [2.05, 4.69) is 27.0 Å². The molecule has 0 spiro atoms. The molecule has 3 rings (SSSR count). The highest BCUT2D eigenvalue weighted by molar-refractivity contribution is 7.91. The zero-order valence-corrected chi connectivity index (χ0v) is 14.8. The van der Waals surface area contributed by atoms with Crippen molar-refractivity contribution in [2.24, 2.45) is 5.92 Å². The van der Waals surface area contributed by atoms with Crippen LogP contribution in [0.2, 0.25) is 0 Å². The monoisotopic (exact) mass is 348 g/mol. The van der Waals surface area contributed by atoms with Gasteiger partial charge in [-0.15, -0.1) is 10.2 Å². The van der Waals surface area contributed by atoms with Gasteiger partial charge in [0.25, 0.3) is 0 Å². The van der Waals surface area contributed by atoms with E-state index in [0.29, 0.717) is 17.4 Å². The average Bonchev–Trinajstić information content (AvgIpc) is 3.02. The van der Waals surface area contributed by atoms with E-state index in [-0.39, 0.29) is 5.75 Å². The minimum absolute atomic E-state index is 0.127. The average molecular weight is 348 g/mol. The zero-order chi connectivity index (χ0) is 17.0. The predicted octanol–water partition coefficient (Wildman–Crippen LogP) is 1.47. The van der Waals surface area contributed by atoms with E-state index in [0.717, 1.165) is 44.0 Å². The minimum atomic E-state index is -3.20. The van der Waals surface area contributed by atoms with Crippen molar-refractivity contribution in [3.05, 3.63) is 42.0 Å². The molecule has 0 aliphatic carbocycles. The number of aromatic nitrogens is 3. The third-order valence-electron chi connectivity index (χ3n) is 4.52. The molecule has 1 aromatic carbocycles. The van der Waals surface area contributed by atoms with E-state index in [1.165, 1.54) is 0 Å². The highest BCUT2D eigenvalue weighted by Gasteiger charge is 2.22. The Labute approximate surface area is 143 Å². The van der Waals surface area contributed by atoms with Gasteiger partial charge in [0.05, 0.1) is 10.6 Å². The maximum Gasteiger partial charge on any atom is 0.179 e. The van der Waals surface area contributed by atoms with Crippen molar-refractivity contribution in [3.8, 4) is 0 Å². The Morgan fingerprint density at radius 1 is 1.25 bits per heavy atom. The molecule has 0 saturated carbocycles. The van der Waals surface area contributed by atoms with Gasteiger partial charge < -0.3 is 9.88 Å². The van der Waals surface area contributed by atoms with E-state index in [1.807, 2.05) is 6.07 Å². The number of rotatable bonds is 7. The van der Waals surface area contributed by atoms with Crippen LogP contribution < -0.4 is 5.32 Å². The lowest BCUT2D eigenvalue weighted by Crippen LogP contribution is -2.33. The molecule has 1 aliphatic rings. The minimum Gasteiger partial charge on any atom is -0.315 e. The van der Waals surface area contributed by atoms with E-state index in [1.54, 1.807) is 24.3 Å². The lowest BCUT2D eigenvalue weighted by Gasteiger charge is -2.24. The number of hydrogen-bond acceptors (Lipinski definition) is 5. The Bertz CT molecular complexity index is 758. The fourth-order valence-corrected chi connectivity index (χ4v) is 4.36. The molecule has 1 aliphatic heterocycles. The summed E-state index contributed by atoms with van der Waals surface area (Å²) in [5.74, 6) is 2.75. The van der Waals surface area contributed by atoms with Crippen molar-refractivity contribution in [3.63, 3.8) is 0 Å². The lowest BCUT2D eigenvalue weighted by atomic mass is 9.99. The molecular formula is C17H24N4O2S. The summed E-state index contributed by atoms with van der Waals surface area (Å²) in [5.41, 5.74) is 0. The summed E-state index contributed by atoms with van der Waals surface area (Å²) in [6.07, 6.45) is 2.91. The number of nitrogens with zero attached hydrogens (tertiary/aromatic N) is 3. The number of nitrogens with one attached hydrogen (secondary N) is 1. The molecule has 130 valence electrons. The van der Waals surface area contributed by atoms with E-state index < -0.39 is 9.84 Å². The first-order valence-corrected chi connectivity index (χ1v) is 10.1. The number of sulfone groups is 1. The first kappa shape index (κ1) is 17.1. The molecule has 1 atom stereocenters. The van der Waals surface area contributed by atoms with Crippen LogP contribution in [0, 0.1) is 5.92 Å². The highest BCUT2D eigenvalue weighted by Crippen LogP contribution is 2.19. The molecule has 7 heteroatoms. The standard InChI is InChI=1S/C17H24N4O2S/c1-2-16-19-20-17-9-8-14(13-21(16)17)12-18-10-11-24(22,23)15-6-4-3-5-7-15/h3-7,14,18H,2,8-13H2,1H3/t14-/m0/s1. The van der Waals surface area contributed by atoms with Crippen LogP contribution >= 0.6 is 0 Å². The molecular weight excluding hydrogens is 324 g/mol. The number of hydrogen-bond donors (Lipinski definition) is 1. The van der Waals surface area contributed by atoms with Crippen LogP contribution in [0.1, 0.15) is 25.0 Å². The maximum atomic E-state index is 12.2. The van der Waals surface area contributed by atoms with Gasteiger partial charge in [-0.2, -0.15) is 0 Å². The molecule has 0 unspecified atom stereocenters. The first-order valence-electron chi connectivity index (χ1n) is 8.49. The molecule has 2 aromatic rings. The van der Waals surface area contributed by atoms with Crippen molar-refractivity contribution in [2.75, 3.05) is 18.8 Å². The van der Waals surface area contributed by atoms with Crippen LogP contribution in [0.15, 0.2) is 35.2 Å². The van der Waals surface area contributed by atoms with Crippen molar-refractivity contribution in [1.82, 2.24) is 20.1 Å². The topological polar surface area (TPSA) is 76.9 Å². The summed E-state index contributed by atoms with van der Waals surface area (Å²) < 4.78 is 26.7. The molecule has 6 nitrogen and oxygen atoms in total. The van der Waals surface area contributed by atoms with Crippen molar-refractivity contribution < 1.29 is 8.42 Å². The molecule has 0 fully saturated rings. The van der Waals surface area contributed by atoms with Gasteiger partial charge in [0.1, 0.15) is 11.6 Å². The van der Waals surface area contributed by atoms with E-state index in [4.69, 9.17) is 0 Å². The Morgan fingerprint density at radius 2 is 2.04 bits per heavy atom. The molecule has 0 radical (unpaired) electrons. The van der Waals surface area contributed by atoms with Crippen LogP contribution in [0.4, 0.5) is 0 Å². The fourth-order valence-electron chi connectivity index (χ4n) is 3.14. The Balaban J connectivity index is 1.48. The zero-order valence-electron chi connectivity index (χ0n) is 14.0. The number of aryl methyl sites for hydroxylation is 2. The Kier molecular flexibility index (Phi) is 5.30.